The Hall–Kier alpha value is -6.64. The van der Waals surface area contributed by atoms with Crippen LogP contribution in [-0.4, -0.2) is 105 Å². The molecule has 0 saturated heterocycles. The molecule has 7 N–H and O–H groups in total. The number of hydrogen-bond donors (Lipinski definition) is 7. The van der Waals surface area contributed by atoms with Gasteiger partial charge >= 0.3 is 0 Å². The quantitative estimate of drug-likeness (QED) is 0.0607. The molecule has 0 bridgehead atoms. The number of rotatable bonds is 19. The molecule has 61 heavy (non-hydrogen) atoms. The van der Waals surface area contributed by atoms with E-state index in [2.05, 4.69) is 37.2 Å². The molecule has 5 aromatic heterocycles. The summed E-state index contributed by atoms with van der Waals surface area (Å²) >= 11 is 7.26. The summed E-state index contributed by atoms with van der Waals surface area (Å²) in [5.41, 5.74) is 2.51. The molecule has 0 atom stereocenters. The van der Waals surface area contributed by atoms with Crippen LogP contribution in [0.25, 0.3) is 0 Å². The molecule has 5 heterocycles. The lowest BCUT2D eigenvalue weighted by Crippen LogP contribution is -2.32. The van der Waals surface area contributed by atoms with Crippen molar-refractivity contribution in [3.63, 3.8) is 0 Å². The van der Waals surface area contributed by atoms with E-state index in [1.165, 1.54) is 44.7 Å². The number of carbonyl (C=O) groups excluding carboxylic acids is 7. The van der Waals surface area contributed by atoms with E-state index < -0.39 is 35.4 Å². The molecule has 19 nitrogen and oxygen atoms in total. The second kappa shape index (κ2) is 20.6. The van der Waals surface area contributed by atoms with Gasteiger partial charge in [-0.05, 0) is 62.8 Å². The molecule has 5 rings (SSSR count). The first-order valence-corrected chi connectivity index (χ1v) is 20.3. The summed E-state index contributed by atoms with van der Waals surface area (Å²) in [5.74, 6) is -2.77. The highest BCUT2D eigenvalue weighted by atomic mass is 35.5. The number of nitrogens with one attached hydrogen (secondary N) is 7. The number of halogens is 1. The largest absolute Gasteiger partial charge is 0.356 e. The van der Waals surface area contributed by atoms with Gasteiger partial charge in [-0.3, -0.25) is 33.6 Å². The van der Waals surface area contributed by atoms with Crippen molar-refractivity contribution in [2.45, 2.75) is 19.3 Å². The Morgan fingerprint density at radius 1 is 0.557 bits per heavy atom. The second-order valence-electron chi connectivity index (χ2n) is 14.4. The molecular formula is C40H49ClN12O7S. The maximum Gasteiger partial charge on any atom is 0.272 e. The minimum Gasteiger partial charge on any atom is -0.356 e. The van der Waals surface area contributed by atoms with Gasteiger partial charge in [-0.2, -0.15) is 0 Å². The van der Waals surface area contributed by atoms with E-state index in [9.17, 15) is 33.6 Å². The van der Waals surface area contributed by atoms with Crippen molar-refractivity contribution < 1.29 is 33.6 Å². The van der Waals surface area contributed by atoms with Gasteiger partial charge in [0, 0.05) is 85.5 Å². The zero-order valence-corrected chi connectivity index (χ0v) is 36.2. The number of amides is 7. The molecule has 0 radical (unpaired) electrons. The number of hydrogen-bond acceptors (Lipinski definition) is 9. The molecule has 21 heteroatoms. The van der Waals surface area contributed by atoms with Gasteiger partial charge in [0.2, 0.25) is 11.8 Å². The van der Waals surface area contributed by atoms with Crippen LogP contribution in [0.4, 0.5) is 22.7 Å². The maximum atomic E-state index is 13.2. The molecule has 0 aliphatic carbocycles. The van der Waals surface area contributed by atoms with E-state index in [1.54, 1.807) is 73.6 Å². The van der Waals surface area contributed by atoms with Crippen LogP contribution in [0.15, 0.2) is 60.5 Å². The third kappa shape index (κ3) is 12.4. The molecule has 7 amide bonds. The van der Waals surface area contributed by atoms with E-state index in [0.717, 1.165) is 13.0 Å². The highest BCUT2D eigenvalue weighted by Gasteiger charge is 2.20. The van der Waals surface area contributed by atoms with Crippen LogP contribution < -0.4 is 37.2 Å². The summed E-state index contributed by atoms with van der Waals surface area (Å²) < 4.78 is 6.19. The topological polar surface area (TPSA) is 227 Å². The normalized spacial score (nSPS) is 11.0. The summed E-state index contributed by atoms with van der Waals surface area (Å²) in [5, 5.41) is 21.3. The van der Waals surface area contributed by atoms with Gasteiger partial charge in [0.15, 0.2) is 0 Å². The summed E-state index contributed by atoms with van der Waals surface area (Å²) in [6.45, 7) is 1.57. The Morgan fingerprint density at radius 3 is 1.39 bits per heavy atom. The number of aryl methyl sites for hydroxylation is 4. The zero-order valence-electron chi connectivity index (χ0n) is 34.6. The Kier molecular flexibility index (Phi) is 15.3. The van der Waals surface area contributed by atoms with Crippen LogP contribution in [0.3, 0.4) is 0 Å². The monoisotopic (exact) mass is 876 g/mol. The number of nitrogens with zero attached hydrogens (tertiary/aromatic N) is 5. The van der Waals surface area contributed by atoms with Crippen LogP contribution in [0.5, 0.6) is 0 Å². The van der Waals surface area contributed by atoms with Crippen LogP contribution in [0, 0.1) is 0 Å². The SMILES string of the molecule is CN(C)CCCNC(=O)CCNC(=O)c1cc(NC(=O)c2cc(NC(=O)CCNC(=O)c3cc(NC(=O)c4cc(NC(=O)c5sccc5Cl)cn4C)cn3C)cn2C)cn1C. The molecule has 324 valence electrons. The van der Waals surface area contributed by atoms with Crippen LogP contribution in [-0.2, 0) is 37.8 Å². The van der Waals surface area contributed by atoms with E-state index >= 15 is 0 Å². The van der Waals surface area contributed by atoms with E-state index in [-0.39, 0.29) is 54.6 Å². The minimum absolute atomic E-state index is 0.000411. The fraction of sp³-hybridized carbons (Fsp3) is 0.325. The molecule has 5 aromatic rings. The average Bonchev–Trinajstić information content (AvgIpc) is 4.02. The van der Waals surface area contributed by atoms with Crippen molar-refractivity contribution in [1.29, 1.82) is 0 Å². The smallest absolute Gasteiger partial charge is 0.272 e. The Balaban J connectivity index is 1.05. The fourth-order valence-electron chi connectivity index (χ4n) is 6.16. The number of carbonyl (C=O) groups is 7. The van der Waals surface area contributed by atoms with Gasteiger partial charge in [-0.25, -0.2) is 0 Å². The summed E-state index contributed by atoms with van der Waals surface area (Å²) in [6.07, 6.45) is 7.21. The first-order chi connectivity index (χ1) is 29.0. The Bertz CT molecular complexity index is 2440. The van der Waals surface area contributed by atoms with E-state index in [0.29, 0.717) is 39.2 Å². The minimum atomic E-state index is -0.477. The predicted octanol–water partition coefficient (Wildman–Crippen LogP) is 3.46. The zero-order chi connectivity index (χ0) is 44.4. The number of thiophene rings is 1. The maximum absolute atomic E-state index is 13.2. The molecule has 0 fully saturated rings. The number of anilines is 4. The molecule has 0 spiro atoms. The molecule has 0 aromatic carbocycles. The lowest BCUT2D eigenvalue weighted by molar-refractivity contribution is -0.121. The van der Waals surface area contributed by atoms with Gasteiger partial charge in [-0.15, -0.1) is 11.3 Å². The van der Waals surface area contributed by atoms with Crippen LogP contribution >= 0.6 is 22.9 Å². The second-order valence-corrected chi connectivity index (χ2v) is 15.7. The van der Waals surface area contributed by atoms with Crippen molar-refractivity contribution in [2.24, 2.45) is 28.2 Å². The highest BCUT2D eigenvalue weighted by molar-refractivity contribution is 7.12. The molecule has 0 aliphatic heterocycles. The van der Waals surface area contributed by atoms with Gasteiger partial charge in [0.25, 0.3) is 29.5 Å². The molecule has 0 aliphatic rings. The number of aromatic nitrogens is 4. The van der Waals surface area contributed by atoms with Crippen molar-refractivity contribution in [1.82, 2.24) is 39.1 Å². The summed E-state index contributed by atoms with van der Waals surface area (Å²) in [6, 6.07) is 7.67. The lowest BCUT2D eigenvalue weighted by Gasteiger charge is -2.10. The van der Waals surface area contributed by atoms with Gasteiger partial charge in [0.05, 0.1) is 27.8 Å². The molecular weight excluding hydrogens is 828 g/mol. The highest BCUT2D eigenvalue weighted by Crippen LogP contribution is 2.24. The first kappa shape index (κ1) is 45.4. The van der Waals surface area contributed by atoms with Gasteiger partial charge in [-0.1, -0.05) is 11.6 Å². The van der Waals surface area contributed by atoms with Crippen molar-refractivity contribution in [3.8, 4) is 0 Å². The van der Waals surface area contributed by atoms with E-state index in [4.69, 9.17) is 11.6 Å². The fourth-order valence-corrected chi connectivity index (χ4v) is 7.20. The molecule has 0 saturated carbocycles. The van der Waals surface area contributed by atoms with Crippen molar-refractivity contribution in [2.75, 3.05) is 61.5 Å². The van der Waals surface area contributed by atoms with E-state index in [1.807, 2.05) is 19.0 Å². The predicted molar refractivity (Wildman–Crippen MR) is 234 cm³/mol. The lowest BCUT2D eigenvalue weighted by atomic mass is 10.3. The summed E-state index contributed by atoms with van der Waals surface area (Å²) in [7, 11) is 10.5. The van der Waals surface area contributed by atoms with Gasteiger partial charge < -0.3 is 60.4 Å². The average molecular weight is 877 g/mol. The standard InChI is InChI=1S/C40H49ClN12O7S/c1-49(2)14-7-11-42-33(54)8-12-43-36(56)29-17-25(21-50(29)3)46-38(58)31-16-24(20-52(31)5)45-34(55)9-13-44-37(57)30-18-26(22-51(30)4)47-39(59)32-19-27(23-53(32)6)48-40(60)35-28(41)10-15-61-35/h10,15-23H,7-9,11-14H2,1-6H3,(H,42,54)(H,43,56)(H,44,57)(H,45,55)(H,46,58)(H,47,59)(H,48,60). The third-order valence-corrected chi connectivity index (χ3v) is 10.6. The van der Waals surface area contributed by atoms with Crippen LogP contribution in [0.2, 0.25) is 5.02 Å². The van der Waals surface area contributed by atoms with Crippen molar-refractivity contribution in [3.05, 3.63) is 93.2 Å². The Labute approximate surface area is 360 Å². The molecule has 0 unspecified atom stereocenters. The van der Waals surface area contributed by atoms with Crippen molar-refractivity contribution >= 4 is 87.0 Å². The summed E-state index contributed by atoms with van der Waals surface area (Å²) in [4.78, 5) is 91.8. The van der Waals surface area contributed by atoms with Gasteiger partial charge in [0.1, 0.15) is 27.7 Å². The van der Waals surface area contributed by atoms with Crippen LogP contribution in [0.1, 0.15) is 70.9 Å². The first-order valence-electron chi connectivity index (χ1n) is 19.1. The Morgan fingerprint density at radius 2 is 0.967 bits per heavy atom. The third-order valence-electron chi connectivity index (χ3n) is 9.21.